The van der Waals surface area contributed by atoms with Crippen LogP contribution in [0, 0.1) is 0 Å². The summed E-state index contributed by atoms with van der Waals surface area (Å²) in [5.41, 5.74) is 1.47. The Labute approximate surface area is 112 Å². The molecule has 0 spiro atoms. The van der Waals surface area contributed by atoms with Gasteiger partial charge >= 0.3 is 0 Å². The SMILES string of the molecule is CCCNC(C1=CCCCC1)C(OCC)OCC. The minimum absolute atomic E-state index is 0.143. The Balaban J connectivity index is 2.69. The normalized spacial score (nSPS) is 17.9. The predicted octanol–water partition coefficient (Wildman–Crippen LogP) is 3.25. The number of nitrogens with one attached hydrogen (secondary N) is 1. The Morgan fingerprint density at radius 3 is 2.39 bits per heavy atom. The summed E-state index contributed by atoms with van der Waals surface area (Å²) in [6, 6.07) is 0.227. The molecule has 0 aromatic carbocycles. The number of hydrogen-bond donors (Lipinski definition) is 1. The lowest BCUT2D eigenvalue weighted by molar-refractivity contribution is -0.148. The monoisotopic (exact) mass is 255 g/mol. The van der Waals surface area contributed by atoms with Gasteiger partial charge in [-0.2, -0.15) is 0 Å². The van der Waals surface area contributed by atoms with E-state index in [2.05, 4.69) is 18.3 Å². The van der Waals surface area contributed by atoms with E-state index in [-0.39, 0.29) is 12.3 Å². The second kappa shape index (κ2) is 9.54. The van der Waals surface area contributed by atoms with E-state index in [4.69, 9.17) is 9.47 Å². The van der Waals surface area contributed by atoms with Gasteiger partial charge in [-0.15, -0.1) is 0 Å². The predicted molar refractivity (Wildman–Crippen MR) is 75.7 cm³/mol. The van der Waals surface area contributed by atoms with Crippen molar-refractivity contribution < 1.29 is 9.47 Å². The highest BCUT2D eigenvalue weighted by molar-refractivity contribution is 5.14. The molecule has 0 saturated heterocycles. The molecule has 3 heteroatoms. The van der Waals surface area contributed by atoms with Crippen LogP contribution in [0.5, 0.6) is 0 Å². The molecule has 0 radical (unpaired) electrons. The number of hydrogen-bond acceptors (Lipinski definition) is 3. The summed E-state index contributed by atoms with van der Waals surface area (Å²) in [6.45, 7) is 8.65. The van der Waals surface area contributed by atoms with Gasteiger partial charge in [0.25, 0.3) is 0 Å². The summed E-state index contributed by atoms with van der Waals surface area (Å²) < 4.78 is 11.5. The number of ether oxygens (including phenoxy) is 2. The zero-order valence-corrected chi connectivity index (χ0v) is 12.2. The minimum atomic E-state index is -0.143. The van der Waals surface area contributed by atoms with Gasteiger partial charge in [-0.25, -0.2) is 0 Å². The molecule has 1 atom stereocenters. The van der Waals surface area contributed by atoms with Gasteiger partial charge in [-0.05, 0) is 52.5 Å². The third kappa shape index (κ3) is 5.09. The molecular formula is C15H29NO2. The van der Waals surface area contributed by atoms with Gasteiger partial charge in [-0.1, -0.05) is 18.6 Å². The summed E-state index contributed by atoms with van der Waals surface area (Å²) in [5.74, 6) is 0. The second-order valence-corrected chi connectivity index (χ2v) is 4.74. The summed E-state index contributed by atoms with van der Waals surface area (Å²) in [6.07, 6.45) is 8.36. The average molecular weight is 255 g/mol. The van der Waals surface area contributed by atoms with Crippen molar-refractivity contribution in [3.63, 3.8) is 0 Å². The van der Waals surface area contributed by atoms with Crippen LogP contribution in [-0.4, -0.2) is 32.1 Å². The smallest absolute Gasteiger partial charge is 0.176 e. The average Bonchev–Trinajstić information content (AvgIpc) is 2.41. The molecule has 0 fully saturated rings. The van der Waals surface area contributed by atoms with Gasteiger partial charge in [-0.3, -0.25) is 0 Å². The fourth-order valence-electron chi connectivity index (χ4n) is 2.42. The van der Waals surface area contributed by atoms with Crippen LogP contribution >= 0.6 is 0 Å². The molecule has 0 aromatic rings. The quantitative estimate of drug-likeness (QED) is 0.507. The summed E-state index contributed by atoms with van der Waals surface area (Å²) >= 11 is 0. The highest BCUT2D eigenvalue weighted by atomic mass is 16.7. The molecule has 0 aromatic heterocycles. The lowest BCUT2D eigenvalue weighted by Gasteiger charge is -2.31. The maximum Gasteiger partial charge on any atom is 0.176 e. The van der Waals surface area contributed by atoms with Gasteiger partial charge in [0.2, 0.25) is 0 Å². The Kier molecular flexibility index (Phi) is 8.31. The first kappa shape index (κ1) is 15.7. The van der Waals surface area contributed by atoms with Crippen LogP contribution in [0.15, 0.2) is 11.6 Å². The molecule has 1 N–H and O–H groups in total. The number of allylic oxidation sites excluding steroid dienone is 1. The van der Waals surface area contributed by atoms with Gasteiger partial charge in [0.15, 0.2) is 6.29 Å². The Bertz CT molecular complexity index is 235. The van der Waals surface area contributed by atoms with E-state index >= 15 is 0 Å². The van der Waals surface area contributed by atoms with Gasteiger partial charge < -0.3 is 14.8 Å². The van der Waals surface area contributed by atoms with E-state index in [1.807, 2.05) is 13.8 Å². The Morgan fingerprint density at radius 1 is 1.17 bits per heavy atom. The van der Waals surface area contributed by atoms with Crippen molar-refractivity contribution in [1.29, 1.82) is 0 Å². The maximum atomic E-state index is 5.77. The topological polar surface area (TPSA) is 30.5 Å². The van der Waals surface area contributed by atoms with E-state index < -0.39 is 0 Å². The zero-order chi connectivity index (χ0) is 13.2. The lowest BCUT2D eigenvalue weighted by atomic mass is 9.93. The van der Waals surface area contributed by atoms with Crippen LogP contribution in [0.1, 0.15) is 52.9 Å². The molecule has 1 aliphatic rings. The molecule has 0 aliphatic heterocycles. The van der Waals surface area contributed by atoms with Crippen LogP contribution in [0.4, 0.5) is 0 Å². The van der Waals surface area contributed by atoms with Gasteiger partial charge in [0.1, 0.15) is 0 Å². The first-order chi connectivity index (χ1) is 8.83. The van der Waals surface area contributed by atoms with E-state index in [9.17, 15) is 0 Å². The standard InChI is InChI=1S/C15H29NO2/c1-4-12-16-14(13-10-8-7-9-11-13)15(17-5-2)18-6-3/h10,14-16H,4-9,11-12H2,1-3H3. The second-order valence-electron chi connectivity index (χ2n) is 4.74. The van der Waals surface area contributed by atoms with Crippen molar-refractivity contribution in [3.8, 4) is 0 Å². The van der Waals surface area contributed by atoms with Crippen molar-refractivity contribution >= 4 is 0 Å². The van der Waals surface area contributed by atoms with E-state index in [0.717, 1.165) is 13.0 Å². The molecule has 1 rings (SSSR count). The third-order valence-corrected chi connectivity index (χ3v) is 3.27. The first-order valence-corrected chi connectivity index (χ1v) is 7.48. The van der Waals surface area contributed by atoms with Crippen LogP contribution in [0.3, 0.4) is 0 Å². The largest absolute Gasteiger partial charge is 0.351 e. The molecule has 0 heterocycles. The van der Waals surface area contributed by atoms with Crippen LogP contribution < -0.4 is 5.32 Å². The highest BCUT2D eigenvalue weighted by Gasteiger charge is 2.26. The Hall–Kier alpha value is -0.380. The number of rotatable bonds is 9. The maximum absolute atomic E-state index is 5.77. The Morgan fingerprint density at radius 2 is 1.89 bits per heavy atom. The zero-order valence-electron chi connectivity index (χ0n) is 12.2. The van der Waals surface area contributed by atoms with Crippen molar-refractivity contribution in [2.45, 2.75) is 65.2 Å². The van der Waals surface area contributed by atoms with Gasteiger partial charge in [0, 0.05) is 13.2 Å². The third-order valence-electron chi connectivity index (χ3n) is 3.27. The molecule has 3 nitrogen and oxygen atoms in total. The highest BCUT2D eigenvalue weighted by Crippen LogP contribution is 2.23. The minimum Gasteiger partial charge on any atom is -0.351 e. The molecular weight excluding hydrogens is 226 g/mol. The van der Waals surface area contributed by atoms with E-state index in [1.54, 1.807) is 0 Å². The summed E-state index contributed by atoms with van der Waals surface area (Å²) in [4.78, 5) is 0. The van der Waals surface area contributed by atoms with Crippen LogP contribution in [0.25, 0.3) is 0 Å². The fourth-order valence-corrected chi connectivity index (χ4v) is 2.42. The van der Waals surface area contributed by atoms with Crippen molar-refractivity contribution in [2.75, 3.05) is 19.8 Å². The van der Waals surface area contributed by atoms with Crippen molar-refractivity contribution in [2.24, 2.45) is 0 Å². The van der Waals surface area contributed by atoms with E-state index in [0.29, 0.717) is 13.2 Å². The molecule has 0 bridgehead atoms. The molecule has 0 amide bonds. The van der Waals surface area contributed by atoms with Crippen LogP contribution in [-0.2, 0) is 9.47 Å². The first-order valence-electron chi connectivity index (χ1n) is 7.48. The molecule has 1 unspecified atom stereocenters. The summed E-state index contributed by atoms with van der Waals surface area (Å²) in [5, 5.41) is 3.59. The molecule has 0 saturated carbocycles. The van der Waals surface area contributed by atoms with Crippen molar-refractivity contribution in [1.82, 2.24) is 5.32 Å². The molecule has 106 valence electrons. The summed E-state index contributed by atoms with van der Waals surface area (Å²) in [7, 11) is 0. The van der Waals surface area contributed by atoms with E-state index in [1.165, 1.54) is 31.3 Å². The molecule has 18 heavy (non-hydrogen) atoms. The van der Waals surface area contributed by atoms with Gasteiger partial charge in [0.05, 0.1) is 6.04 Å². The molecule has 1 aliphatic carbocycles. The lowest BCUT2D eigenvalue weighted by Crippen LogP contribution is -2.45. The van der Waals surface area contributed by atoms with Crippen molar-refractivity contribution in [3.05, 3.63) is 11.6 Å². The fraction of sp³-hybridized carbons (Fsp3) is 0.867. The van der Waals surface area contributed by atoms with Crippen LogP contribution in [0.2, 0.25) is 0 Å².